The maximum Gasteiger partial charge on any atom is 0.0278 e. The van der Waals surface area contributed by atoms with Crippen molar-refractivity contribution >= 4 is 0 Å². The first kappa shape index (κ1) is 15.3. The number of likely N-dealkylation sites (tertiary alicyclic amines) is 1. The van der Waals surface area contributed by atoms with Crippen LogP contribution in [0.2, 0.25) is 0 Å². The highest BCUT2D eigenvalue weighted by Gasteiger charge is 2.35. The van der Waals surface area contributed by atoms with Crippen LogP contribution in [0.1, 0.15) is 46.5 Å². The van der Waals surface area contributed by atoms with E-state index >= 15 is 0 Å². The van der Waals surface area contributed by atoms with Gasteiger partial charge in [0.15, 0.2) is 0 Å². The molecule has 1 N–H and O–H groups in total. The number of piperazine rings is 1. The van der Waals surface area contributed by atoms with E-state index in [0.29, 0.717) is 5.54 Å². The maximum absolute atomic E-state index is 3.77. The molecule has 3 atom stereocenters. The highest BCUT2D eigenvalue weighted by molar-refractivity contribution is 4.94. The fraction of sp³-hybridized carbons (Fsp3) is 1.00. The minimum absolute atomic E-state index is 0.326. The smallest absolute Gasteiger partial charge is 0.0278 e. The molecule has 2 saturated heterocycles. The molecule has 2 heterocycles. The van der Waals surface area contributed by atoms with E-state index in [4.69, 9.17) is 0 Å². The summed E-state index contributed by atoms with van der Waals surface area (Å²) in [5, 5.41) is 3.77. The highest BCUT2D eigenvalue weighted by atomic mass is 15.3. The molecule has 3 unspecified atom stereocenters. The van der Waals surface area contributed by atoms with Crippen LogP contribution < -0.4 is 5.32 Å². The normalized spacial score (nSPS) is 38.5. The highest BCUT2D eigenvalue weighted by Crippen LogP contribution is 2.24. The van der Waals surface area contributed by atoms with Gasteiger partial charge in [-0.1, -0.05) is 13.8 Å². The van der Waals surface area contributed by atoms with Gasteiger partial charge in [0.05, 0.1) is 0 Å². The van der Waals surface area contributed by atoms with Gasteiger partial charge in [0.2, 0.25) is 0 Å². The summed E-state index contributed by atoms with van der Waals surface area (Å²) < 4.78 is 0. The van der Waals surface area contributed by atoms with Crippen molar-refractivity contribution in [3.8, 4) is 0 Å². The number of piperidine rings is 1. The van der Waals surface area contributed by atoms with Crippen molar-refractivity contribution in [2.45, 2.75) is 58.0 Å². The van der Waals surface area contributed by atoms with Gasteiger partial charge in [-0.15, -0.1) is 0 Å². The van der Waals surface area contributed by atoms with Gasteiger partial charge in [-0.2, -0.15) is 0 Å². The summed E-state index contributed by atoms with van der Waals surface area (Å²) in [5.74, 6) is 0.881. The molecule has 2 fully saturated rings. The molecule has 0 amide bonds. The SMILES string of the molecule is CCC1CNC(C)(CC)CN1CC1CCCN(C)C1. The second-order valence-electron chi connectivity index (χ2n) is 7.06. The zero-order valence-corrected chi connectivity index (χ0v) is 13.4. The van der Waals surface area contributed by atoms with Gasteiger partial charge in [-0.25, -0.2) is 0 Å². The van der Waals surface area contributed by atoms with E-state index in [1.807, 2.05) is 0 Å². The Morgan fingerprint density at radius 2 is 2.11 bits per heavy atom. The molecule has 0 spiro atoms. The van der Waals surface area contributed by atoms with E-state index in [0.717, 1.165) is 12.0 Å². The molecule has 0 aromatic heterocycles. The summed E-state index contributed by atoms with van der Waals surface area (Å²) in [6, 6.07) is 0.742. The molecule has 3 nitrogen and oxygen atoms in total. The third kappa shape index (κ3) is 3.93. The van der Waals surface area contributed by atoms with Gasteiger partial charge in [0.25, 0.3) is 0 Å². The first-order valence-corrected chi connectivity index (χ1v) is 8.24. The van der Waals surface area contributed by atoms with Crippen molar-refractivity contribution in [3.63, 3.8) is 0 Å². The summed E-state index contributed by atoms with van der Waals surface area (Å²) in [5.41, 5.74) is 0.326. The quantitative estimate of drug-likeness (QED) is 0.842. The third-order valence-corrected chi connectivity index (χ3v) is 5.30. The van der Waals surface area contributed by atoms with Gasteiger partial charge in [-0.3, -0.25) is 4.90 Å². The van der Waals surface area contributed by atoms with Crippen molar-refractivity contribution in [1.82, 2.24) is 15.1 Å². The fourth-order valence-electron chi connectivity index (χ4n) is 3.73. The molecule has 0 aromatic rings. The number of nitrogens with one attached hydrogen (secondary N) is 1. The van der Waals surface area contributed by atoms with E-state index < -0.39 is 0 Å². The average molecular weight is 267 g/mol. The molecule has 0 radical (unpaired) electrons. The summed E-state index contributed by atoms with van der Waals surface area (Å²) in [7, 11) is 2.28. The standard InChI is InChI=1S/C16H33N3/c1-5-15-10-17-16(3,6-2)13-19(15)12-14-8-7-9-18(4)11-14/h14-15,17H,5-13H2,1-4H3. The Morgan fingerprint density at radius 3 is 2.74 bits per heavy atom. The summed E-state index contributed by atoms with van der Waals surface area (Å²) in [4.78, 5) is 5.29. The molecule has 0 bridgehead atoms. The Bertz CT molecular complexity index is 281. The van der Waals surface area contributed by atoms with Crippen LogP contribution in [0.15, 0.2) is 0 Å². The zero-order chi connectivity index (χ0) is 13.9. The average Bonchev–Trinajstić information content (AvgIpc) is 2.39. The summed E-state index contributed by atoms with van der Waals surface area (Å²) >= 11 is 0. The Balaban J connectivity index is 1.94. The van der Waals surface area contributed by atoms with Crippen LogP contribution in [0.4, 0.5) is 0 Å². The third-order valence-electron chi connectivity index (χ3n) is 5.30. The largest absolute Gasteiger partial charge is 0.309 e. The van der Waals surface area contributed by atoms with Crippen LogP contribution in [-0.2, 0) is 0 Å². The fourth-order valence-corrected chi connectivity index (χ4v) is 3.73. The van der Waals surface area contributed by atoms with Crippen molar-refractivity contribution in [3.05, 3.63) is 0 Å². The Morgan fingerprint density at radius 1 is 1.32 bits per heavy atom. The second-order valence-corrected chi connectivity index (χ2v) is 7.06. The monoisotopic (exact) mass is 267 g/mol. The molecule has 2 rings (SSSR count). The zero-order valence-electron chi connectivity index (χ0n) is 13.4. The van der Waals surface area contributed by atoms with Crippen LogP contribution >= 0.6 is 0 Å². The molecule has 0 aliphatic carbocycles. The molecule has 2 aliphatic heterocycles. The number of nitrogens with zero attached hydrogens (tertiary/aromatic N) is 2. The van der Waals surface area contributed by atoms with E-state index in [9.17, 15) is 0 Å². The van der Waals surface area contributed by atoms with E-state index in [-0.39, 0.29) is 0 Å². The van der Waals surface area contributed by atoms with Crippen LogP contribution in [-0.4, -0.2) is 61.2 Å². The molecule has 112 valence electrons. The molecular weight excluding hydrogens is 234 g/mol. The van der Waals surface area contributed by atoms with Crippen molar-refractivity contribution in [2.75, 3.05) is 39.8 Å². The van der Waals surface area contributed by atoms with Crippen molar-refractivity contribution < 1.29 is 0 Å². The van der Waals surface area contributed by atoms with Crippen LogP contribution in [0.5, 0.6) is 0 Å². The molecule has 3 heteroatoms. The molecule has 0 aromatic carbocycles. The van der Waals surface area contributed by atoms with Crippen molar-refractivity contribution in [1.29, 1.82) is 0 Å². The van der Waals surface area contributed by atoms with Gasteiger partial charge in [-0.05, 0) is 52.1 Å². The lowest BCUT2D eigenvalue weighted by Gasteiger charge is -2.47. The Labute approximate surface area is 119 Å². The maximum atomic E-state index is 3.77. The minimum Gasteiger partial charge on any atom is -0.309 e. The molecule has 0 saturated carbocycles. The summed E-state index contributed by atoms with van der Waals surface area (Å²) in [6.45, 7) is 13.3. The van der Waals surface area contributed by atoms with Crippen LogP contribution in [0, 0.1) is 5.92 Å². The van der Waals surface area contributed by atoms with Crippen LogP contribution in [0.3, 0.4) is 0 Å². The number of hydrogen-bond donors (Lipinski definition) is 1. The van der Waals surface area contributed by atoms with Gasteiger partial charge in [0.1, 0.15) is 0 Å². The molecule has 2 aliphatic rings. The van der Waals surface area contributed by atoms with E-state index in [2.05, 4.69) is 42.9 Å². The van der Waals surface area contributed by atoms with E-state index in [1.165, 1.54) is 58.4 Å². The first-order chi connectivity index (χ1) is 9.06. The van der Waals surface area contributed by atoms with Crippen LogP contribution in [0.25, 0.3) is 0 Å². The van der Waals surface area contributed by atoms with Gasteiger partial charge >= 0.3 is 0 Å². The van der Waals surface area contributed by atoms with Gasteiger partial charge < -0.3 is 10.2 Å². The molecular formula is C16H33N3. The predicted octanol–water partition coefficient (Wildman–Crippen LogP) is 2.18. The lowest BCUT2D eigenvalue weighted by atomic mass is 9.90. The predicted molar refractivity (Wildman–Crippen MR) is 82.6 cm³/mol. The lowest BCUT2D eigenvalue weighted by Crippen LogP contribution is -2.63. The topological polar surface area (TPSA) is 18.5 Å². The minimum atomic E-state index is 0.326. The lowest BCUT2D eigenvalue weighted by molar-refractivity contribution is 0.0530. The number of rotatable bonds is 4. The Hall–Kier alpha value is -0.120. The Kier molecular flexibility index (Phi) is 5.27. The second kappa shape index (κ2) is 6.55. The van der Waals surface area contributed by atoms with Crippen molar-refractivity contribution in [2.24, 2.45) is 5.92 Å². The van der Waals surface area contributed by atoms with E-state index in [1.54, 1.807) is 0 Å². The number of hydrogen-bond acceptors (Lipinski definition) is 3. The first-order valence-electron chi connectivity index (χ1n) is 8.24. The van der Waals surface area contributed by atoms with Gasteiger partial charge in [0, 0.05) is 37.8 Å². The molecule has 19 heavy (non-hydrogen) atoms. The summed E-state index contributed by atoms with van der Waals surface area (Å²) in [6.07, 6.45) is 5.31.